The van der Waals surface area contributed by atoms with E-state index in [0.29, 0.717) is 0 Å². The quantitative estimate of drug-likeness (QED) is 0.0113. The third kappa shape index (κ3) is 12.5. The van der Waals surface area contributed by atoms with Crippen molar-refractivity contribution < 1.29 is 95.4 Å². The normalized spacial score (nSPS) is 12.9. The highest BCUT2D eigenvalue weighted by molar-refractivity contribution is 7.94. The van der Waals surface area contributed by atoms with Crippen LogP contribution in [0.4, 0.5) is 28.4 Å². The van der Waals surface area contributed by atoms with Crippen molar-refractivity contribution in [2.24, 2.45) is 20.5 Å². The number of carboxylic acid groups (broad SMARTS) is 1. The number of phenolic OH excluding ortho intramolecular Hbond substituents is 1. The van der Waals surface area contributed by atoms with Crippen molar-refractivity contribution in [3.8, 4) is 5.75 Å². The van der Waals surface area contributed by atoms with Crippen molar-refractivity contribution in [1.82, 2.24) is 0 Å². The highest BCUT2D eigenvalue weighted by Crippen LogP contribution is 2.49. The summed E-state index contributed by atoms with van der Waals surface area (Å²) in [6, 6.07) is 8.72. The summed E-state index contributed by atoms with van der Waals surface area (Å²) in [5.74, 6) is -4.05. The number of anilines is 1. The van der Waals surface area contributed by atoms with Crippen molar-refractivity contribution >= 4 is 110 Å². The van der Waals surface area contributed by atoms with E-state index in [2.05, 4.69) is 43.4 Å². The highest BCUT2D eigenvalue weighted by Gasteiger charge is 2.26. The lowest BCUT2D eigenvalue weighted by Gasteiger charge is -2.14. The number of hydrogen-bond acceptors (Lipinski definition) is 25. The zero-order valence-corrected chi connectivity index (χ0v) is 33.5. The zero-order valence-electron chi connectivity index (χ0n) is 28.6. The van der Waals surface area contributed by atoms with E-state index in [1.54, 1.807) is 0 Å². The predicted molar refractivity (Wildman–Crippen MR) is 199 cm³/mol. The van der Waals surface area contributed by atoms with Crippen molar-refractivity contribution in [2.75, 3.05) is 30.5 Å². The molecule has 26 nitrogen and oxygen atoms in total. The summed E-state index contributed by atoms with van der Waals surface area (Å²) < 4.78 is 133. The number of phenols is 1. The average molecular weight is 948 g/mol. The van der Waals surface area contributed by atoms with Gasteiger partial charge in [-0.3, -0.25) is 13.3 Å². The first-order chi connectivity index (χ1) is 27.6. The number of fused-ring (bicyclic) bond motifs is 1. The van der Waals surface area contributed by atoms with Crippen LogP contribution < -0.4 is 5.73 Å². The standard InChI is InChI=1S/C27H25N5O21S6/c28-23-22-14(12-21(58(42,43)44)25(23)32-29-15-1-3-16(4-2-15)56(38,39)10-8-49-59(45,46)47)11-20(54-52-50-36)24(26(22)33)31-30-19-13-17(5-6-18(19)27(34)35)57(40,41)9-7-48-55-53-51-37/h1-6,11-13,33,36-37H,7-10,28H2,(H,34,35)(H,42,43,44)(H,45,46,47)/b31-30+,32-29+. The average Bonchev–Trinajstić information content (AvgIpc) is 3.15. The van der Waals surface area contributed by atoms with Crippen molar-refractivity contribution in [1.29, 1.82) is 0 Å². The Balaban J connectivity index is 1.81. The van der Waals surface area contributed by atoms with Gasteiger partial charge in [0.2, 0.25) is 0 Å². The molecular weight excluding hydrogens is 923 g/mol. The lowest BCUT2D eigenvalue weighted by atomic mass is 10.1. The van der Waals surface area contributed by atoms with Crippen LogP contribution in [-0.4, -0.2) is 94.2 Å². The Bertz CT molecular complexity index is 2730. The maximum Gasteiger partial charge on any atom is 0.397 e. The Morgan fingerprint density at radius 3 is 1.97 bits per heavy atom. The molecule has 8 N–H and O–H groups in total. The molecule has 4 aromatic rings. The fourth-order valence-electron chi connectivity index (χ4n) is 4.62. The molecule has 320 valence electrons. The van der Waals surface area contributed by atoms with Gasteiger partial charge in [0, 0.05) is 0 Å². The Labute approximate surface area is 340 Å². The number of carboxylic acids is 1. The van der Waals surface area contributed by atoms with E-state index in [0.717, 1.165) is 54.6 Å². The predicted octanol–water partition coefficient (Wildman–Crippen LogP) is 4.70. The van der Waals surface area contributed by atoms with Gasteiger partial charge in [0.25, 0.3) is 10.1 Å². The number of nitrogens with zero attached hydrogens (tertiary/aromatic N) is 4. The minimum Gasteiger partial charge on any atom is -0.505 e. The Kier molecular flexibility index (Phi) is 15.8. The summed E-state index contributed by atoms with van der Waals surface area (Å²) in [4.78, 5) is 9.91. The summed E-state index contributed by atoms with van der Waals surface area (Å²) in [5, 5.41) is 59.6. The molecule has 4 aromatic carbocycles. The van der Waals surface area contributed by atoms with Gasteiger partial charge in [0.05, 0.1) is 73.8 Å². The van der Waals surface area contributed by atoms with E-state index >= 15 is 0 Å². The molecule has 0 spiro atoms. The van der Waals surface area contributed by atoms with E-state index in [-0.39, 0.29) is 45.2 Å². The summed E-state index contributed by atoms with van der Waals surface area (Å²) >= 11 is 0.263. The molecule has 0 saturated carbocycles. The van der Waals surface area contributed by atoms with Crippen molar-refractivity contribution in [2.45, 2.75) is 19.6 Å². The molecule has 0 heterocycles. The molecule has 0 bridgehead atoms. The number of aromatic hydroxyl groups is 1. The molecule has 0 saturated heterocycles. The van der Waals surface area contributed by atoms with Crippen LogP contribution in [0, 0.1) is 0 Å². The number of sulfone groups is 2. The molecule has 59 heavy (non-hydrogen) atoms. The van der Waals surface area contributed by atoms with Gasteiger partial charge < -0.3 is 15.9 Å². The molecule has 0 unspecified atom stereocenters. The lowest BCUT2D eigenvalue weighted by molar-refractivity contribution is -0.434. The number of benzene rings is 4. The van der Waals surface area contributed by atoms with Crippen LogP contribution in [0.25, 0.3) is 10.8 Å². The first-order valence-electron chi connectivity index (χ1n) is 15.0. The molecule has 0 fully saturated rings. The smallest absolute Gasteiger partial charge is 0.397 e. The molecule has 0 atom stereocenters. The first-order valence-corrected chi connectivity index (χ1v) is 22.5. The van der Waals surface area contributed by atoms with Gasteiger partial charge in [-0.15, -0.1) is 24.0 Å². The van der Waals surface area contributed by atoms with Gasteiger partial charge in [0.1, 0.15) is 22.0 Å². The van der Waals surface area contributed by atoms with Gasteiger partial charge in [-0.1, -0.05) is 10.1 Å². The lowest BCUT2D eigenvalue weighted by Crippen LogP contribution is -2.15. The number of carbonyl (C=O) groups is 1. The van der Waals surface area contributed by atoms with E-state index in [1.165, 1.54) is 0 Å². The second kappa shape index (κ2) is 19.7. The largest absolute Gasteiger partial charge is 0.505 e. The van der Waals surface area contributed by atoms with Crippen LogP contribution >= 0.6 is 24.4 Å². The van der Waals surface area contributed by atoms with Crippen LogP contribution in [0.1, 0.15) is 10.4 Å². The number of hydrogen-bond donors (Lipinski definition) is 7. The summed E-state index contributed by atoms with van der Waals surface area (Å²) in [6.07, 6.45) is 0. The Hall–Kier alpha value is -4.49. The molecule has 0 aromatic heterocycles. The second-order valence-corrected chi connectivity index (χ2v) is 18.8. The molecular formula is C27H25N5O21S6. The SMILES string of the molecule is Nc1c(/N=N/c2ccc(S(=O)(=O)CCOS(=O)(=O)O)cc2)c(S(=O)(=O)O)cc2cc(SOOO)c(/N=N/c3cc(S(=O)(=O)CCOSOOO)ccc3C(=O)O)c(O)c12. The maximum atomic E-state index is 12.9. The van der Waals surface area contributed by atoms with Crippen LogP contribution in [0.3, 0.4) is 0 Å². The van der Waals surface area contributed by atoms with Crippen molar-refractivity contribution in [3.05, 3.63) is 60.2 Å². The van der Waals surface area contributed by atoms with E-state index in [4.69, 9.17) is 25.0 Å². The third-order valence-corrected chi connectivity index (χ3v) is 12.9. The summed E-state index contributed by atoms with van der Waals surface area (Å²) in [7, 11) is -18.4. The van der Waals surface area contributed by atoms with Crippen LogP contribution in [-0.2, 0) is 67.3 Å². The fraction of sp³-hybridized carbons (Fsp3) is 0.148. The Morgan fingerprint density at radius 2 is 1.36 bits per heavy atom. The number of rotatable bonds is 21. The monoisotopic (exact) mass is 947 g/mol. The van der Waals surface area contributed by atoms with Gasteiger partial charge in [-0.05, 0) is 60.0 Å². The van der Waals surface area contributed by atoms with Gasteiger partial charge in [-0.25, -0.2) is 36.3 Å². The Morgan fingerprint density at radius 1 is 0.746 bits per heavy atom. The van der Waals surface area contributed by atoms with Crippen LogP contribution in [0.2, 0.25) is 0 Å². The van der Waals surface area contributed by atoms with E-state index in [9.17, 15) is 53.2 Å². The molecule has 0 aliphatic carbocycles. The molecule has 4 rings (SSSR count). The highest BCUT2D eigenvalue weighted by atomic mass is 32.3. The number of nitrogens with two attached hydrogens (primary N) is 1. The van der Waals surface area contributed by atoms with E-state index < -0.39 is 120 Å². The van der Waals surface area contributed by atoms with Crippen LogP contribution in [0.5, 0.6) is 5.75 Å². The fourth-order valence-corrected chi connectivity index (χ4v) is 8.70. The minimum atomic E-state index is -5.18. The van der Waals surface area contributed by atoms with E-state index in [1.807, 2.05) is 0 Å². The summed E-state index contributed by atoms with van der Waals surface area (Å²) in [6.45, 7) is -1.40. The minimum absolute atomic E-state index is 0.111. The third-order valence-electron chi connectivity index (χ3n) is 7.15. The number of aromatic carboxylic acids is 1. The number of nitrogen functional groups attached to an aromatic ring is 1. The van der Waals surface area contributed by atoms with Gasteiger partial charge in [0.15, 0.2) is 37.7 Å². The topological polar surface area (TPSA) is 406 Å². The number of azo groups is 2. The zero-order chi connectivity index (χ0) is 43.8. The first kappa shape index (κ1) is 47.2. The maximum absolute atomic E-state index is 12.9. The van der Waals surface area contributed by atoms with Crippen molar-refractivity contribution in [3.63, 3.8) is 0 Å². The van der Waals surface area contributed by atoms with Crippen LogP contribution in [0.15, 0.2) is 94.6 Å². The molecule has 0 aliphatic heterocycles. The second-order valence-electron chi connectivity index (χ2n) is 10.8. The molecule has 32 heteroatoms. The molecule has 0 amide bonds. The van der Waals surface area contributed by atoms with Gasteiger partial charge in [-0.2, -0.15) is 21.9 Å². The molecule has 0 aliphatic rings. The van der Waals surface area contributed by atoms with Gasteiger partial charge >= 0.3 is 16.4 Å². The molecule has 0 radical (unpaired) electrons. The summed E-state index contributed by atoms with van der Waals surface area (Å²) in [5.41, 5.74) is 2.94.